The van der Waals surface area contributed by atoms with E-state index in [0.29, 0.717) is 0 Å². The highest BCUT2D eigenvalue weighted by Gasteiger charge is 2.04. The van der Waals surface area contributed by atoms with Gasteiger partial charge in [0.25, 0.3) is 0 Å². The number of nitrogens with zero attached hydrogens (tertiary/aromatic N) is 1. The second-order valence-electron chi connectivity index (χ2n) is 4.05. The molecular formula is C13H24NO. The molecule has 2 heteroatoms. The number of hydrogen-bond donors (Lipinski definition) is 1. The van der Waals surface area contributed by atoms with Gasteiger partial charge in [0, 0.05) is 5.92 Å². The van der Waals surface area contributed by atoms with Crippen LogP contribution in [0.3, 0.4) is 0 Å². The molecule has 0 heterocycles. The molecule has 1 N–H and O–H groups in total. The number of hydrogen-bond acceptors (Lipinski definition) is 2. The summed E-state index contributed by atoms with van der Waals surface area (Å²) in [5.74, 6) is 1.10. The van der Waals surface area contributed by atoms with E-state index >= 15 is 0 Å². The van der Waals surface area contributed by atoms with Gasteiger partial charge in [-0.05, 0) is 25.7 Å². The van der Waals surface area contributed by atoms with Crippen molar-refractivity contribution in [3.8, 4) is 0 Å². The molecule has 0 saturated heterocycles. The summed E-state index contributed by atoms with van der Waals surface area (Å²) in [6.07, 6.45) is 11.2. The van der Waals surface area contributed by atoms with Crippen LogP contribution in [0.15, 0.2) is 17.3 Å². The predicted octanol–water partition coefficient (Wildman–Crippen LogP) is 4.35. The lowest BCUT2D eigenvalue weighted by Crippen LogP contribution is -2.04. The molecule has 0 spiro atoms. The Balaban J connectivity index is 3.49. The van der Waals surface area contributed by atoms with E-state index in [1.807, 2.05) is 13.8 Å². The fourth-order valence-corrected chi connectivity index (χ4v) is 1.35. The lowest BCUT2D eigenvalue weighted by atomic mass is 10.0. The molecule has 0 aromatic carbocycles. The van der Waals surface area contributed by atoms with Crippen molar-refractivity contribution >= 4 is 5.71 Å². The Morgan fingerprint density at radius 1 is 1.13 bits per heavy atom. The highest BCUT2D eigenvalue weighted by molar-refractivity contribution is 5.95. The van der Waals surface area contributed by atoms with Crippen molar-refractivity contribution in [1.29, 1.82) is 0 Å². The first-order valence-corrected chi connectivity index (χ1v) is 5.88. The zero-order valence-electron chi connectivity index (χ0n) is 10.3. The summed E-state index contributed by atoms with van der Waals surface area (Å²) in [6, 6.07) is 0. The Labute approximate surface area is 94.1 Å². The SMILES string of the molecule is CCCCC=CCCCC(=NO)[C](C)C. The van der Waals surface area contributed by atoms with Gasteiger partial charge in [-0.15, -0.1) is 0 Å². The van der Waals surface area contributed by atoms with Crippen LogP contribution in [0, 0.1) is 5.92 Å². The molecule has 0 saturated carbocycles. The monoisotopic (exact) mass is 210 g/mol. The van der Waals surface area contributed by atoms with Gasteiger partial charge in [0.15, 0.2) is 0 Å². The van der Waals surface area contributed by atoms with Crippen LogP contribution in [-0.2, 0) is 0 Å². The first-order valence-electron chi connectivity index (χ1n) is 5.88. The molecule has 0 unspecified atom stereocenters. The normalized spacial score (nSPS) is 12.9. The summed E-state index contributed by atoms with van der Waals surface area (Å²) < 4.78 is 0. The average molecular weight is 210 g/mol. The molecule has 87 valence electrons. The predicted molar refractivity (Wildman–Crippen MR) is 66.3 cm³/mol. The topological polar surface area (TPSA) is 32.6 Å². The van der Waals surface area contributed by atoms with E-state index < -0.39 is 0 Å². The average Bonchev–Trinajstić information content (AvgIpc) is 2.21. The van der Waals surface area contributed by atoms with Gasteiger partial charge in [-0.3, -0.25) is 0 Å². The summed E-state index contributed by atoms with van der Waals surface area (Å²) >= 11 is 0. The zero-order valence-corrected chi connectivity index (χ0v) is 10.3. The van der Waals surface area contributed by atoms with Crippen LogP contribution in [0.5, 0.6) is 0 Å². The number of rotatable bonds is 8. The molecule has 0 aromatic rings. The fraction of sp³-hybridized carbons (Fsp3) is 0.692. The molecule has 0 aliphatic rings. The van der Waals surface area contributed by atoms with Crippen LogP contribution in [0.4, 0.5) is 0 Å². The molecule has 2 nitrogen and oxygen atoms in total. The summed E-state index contributed by atoms with van der Waals surface area (Å²) in [5.41, 5.74) is 0.831. The molecule has 0 aliphatic carbocycles. The standard InChI is InChI=1S/C13H24NO/c1-4-5-6-7-8-9-10-11-13(14-15)12(2)3/h7-8,15H,4-6,9-11H2,1-3H3. The maximum Gasteiger partial charge on any atom is 0.0636 e. The van der Waals surface area contributed by atoms with E-state index in [0.717, 1.165) is 30.9 Å². The first-order chi connectivity index (χ1) is 7.22. The third-order valence-electron chi connectivity index (χ3n) is 2.37. The van der Waals surface area contributed by atoms with Crippen LogP contribution in [-0.4, -0.2) is 10.9 Å². The van der Waals surface area contributed by atoms with Gasteiger partial charge < -0.3 is 5.21 Å². The lowest BCUT2D eigenvalue weighted by Gasteiger charge is -2.05. The van der Waals surface area contributed by atoms with Crippen molar-refractivity contribution in [2.75, 3.05) is 0 Å². The largest absolute Gasteiger partial charge is 0.411 e. The van der Waals surface area contributed by atoms with Crippen molar-refractivity contribution in [2.45, 2.75) is 59.3 Å². The maximum absolute atomic E-state index is 8.72. The van der Waals surface area contributed by atoms with Crippen LogP contribution in [0.1, 0.15) is 59.3 Å². The van der Waals surface area contributed by atoms with Crippen molar-refractivity contribution < 1.29 is 5.21 Å². The minimum absolute atomic E-state index is 0.831. The molecule has 0 atom stereocenters. The molecule has 0 fully saturated rings. The second kappa shape index (κ2) is 9.75. The number of unbranched alkanes of at least 4 members (excludes halogenated alkanes) is 3. The van der Waals surface area contributed by atoms with Crippen molar-refractivity contribution in [3.05, 3.63) is 18.1 Å². The summed E-state index contributed by atoms with van der Waals surface area (Å²) in [4.78, 5) is 0. The zero-order chi connectivity index (χ0) is 11.5. The third-order valence-corrected chi connectivity index (χ3v) is 2.37. The quantitative estimate of drug-likeness (QED) is 0.209. The van der Waals surface area contributed by atoms with E-state index in [9.17, 15) is 0 Å². The smallest absolute Gasteiger partial charge is 0.0636 e. The Hall–Kier alpha value is -0.790. The molecule has 0 aromatic heterocycles. The Morgan fingerprint density at radius 2 is 1.73 bits per heavy atom. The van der Waals surface area contributed by atoms with Crippen LogP contribution < -0.4 is 0 Å². The van der Waals surface area contributed by atoms with Crippen LogP contribution in [0.25, 0.3) is 0 Å². The summed E-state index contributed by atoms with van der Waals surface area (Å²) in [7, 11) is 0. The van der Waals surface area contributed by atoms with E-state index in [1.54, 1.807) is 0 Å². The number of allylic oxidation sites excluding steroid dienone is 2. The van der Waals surface area contributed by atoms with E-state index in [4.69, 9.17) is 5.21 Å². The summed E-state index contributed by atoms with van der Waals surface area (Å²) in [5, 5.41) is 12.0. The van der Waals surface area contributed by atoms with E-state index in [2.05, 4.69) is 24.2 Å². The van der Waals surface area contributed by atoms with Gasteiger partial charge in [-0.25, -0.2) is 0 Å². The van der Waals surface area contributed by atoms with Gasteiger partial charge >= 0.3 is 0 Å². The van der Waals surface area contributed by atoms with E-state index in [-0.39, 0.29) is 0 Å². The van der Waals surface area contributed by atoms with E-state index in [1.165, 1.54) is 19.3 Å². The van der Waals surface area contributed by atoms with Gasteiger partial charge in [-0.2, -0.15) is 0 Å². The highest BCUT2D eigenvalue weighted by Crippen LogP contribution is 2.08. The Morgan fingerprint density at radius 3 is 2.20 bits per heavy atom. The van der Waals surface area contributed by atoms with Crippen molar-refractivity contribution in [1.82, 2.24) is 0 Å². The van der Waals surface area contributed by atoms with Gasteiger partial charge in [0.05, 0.1) is 5.71 Å². The van der Waals surface area contributed by atoms with Gasteiger partial charge in [0.2, 0.25) is 0 Å². The highest BCUT2D eigenvalue weighted by atomic mass is 16.4. The molecule has 15 heavy (non-hydrogen) atoms. The molecule has 0 bridgehead atoms. The summed E-state index contributed by atoms with van der Waals surface area (Å²) in [6.45, 7) is 6.16. The lowest BCUT2D eigenvalue weighted by molar-refractivity contribution is 0.317. The van der Waals surface area contributed by atoms with Gasteiger partial charge in [-0.1, -0.05) is 50.9 Å². The maximum atomic E-state index is 8.72. The molecule has 0 aliphatic heterocycles. The minimum Gasteiger partial charge on any atom is -0.411 e. The molecule has 0 rings (SSSR count). The Bertz CT molecular complexity index is 195. The first kappa shape index (κ1) is 14.2. The molecule has 0 amide bonds. The van der Waals surface area contributed by atoms with Gasteiger partial charge in [0.1, 0.15) is 0 Å². The van der Waals surface area contributed by atoms with Crippen molar-refractivity contribution in [3.63, 3.8) is 0 Å². The van der Waals surface area contributed by atoms with Crippen LogP contribution in [0.2, 0.25) is 0 Å². The molecule has 1 radical (unpaired) electrons. The third kappa shape index (κ3) is 8.22. The van der Waals surface area contributed by atoms with Crippen molar-refractivity contribution in [2.24, 2.45) is 5.16 Å². The Kier molecular flexibility index (Phi) is 9.24. The molecular weight excluding hydrogens is 186 g/mol. The van der Waals surface area contributed by atoms with Crippen LogP contribution >= 0.6 is 0 Å². The minimum atomic E-state index is 0.831. The fourth-order valence-electron chi connectivity index (χ4n) is 1.35. The second-order valence-corrected chi connectivity index (χ2v) is 4.05. The number of oxime groups is 1.